The molecule has 1 aliphatic rings. The maximum Gasteiger partial charge on any atom is 0.263 e. The molecule has 32 heavy (non-hydrogen) atoms. The molecule has 8 nitrogen and oxygen atoms in total. The molecule has 0 saturated carbocycles. The third-order valence-corrected chi connectivity index (χ3v) is 5.43. The summed E-state index contributed by atoms with van der Waals surface area (Å²) < 4.78 is 11.3. The number of amides is 1. The Balaban J connectivity index is 1.41. The van der Waals surface area contributed by atoms with Gasteiger partial charge in [-0.25, -0.2) is 4.98 Å². The number of pyridine rings is 1. The number of hydrogen-bond donors (Lipinski definition) is 1. The van der Waals surface area contributed by atoms with Crippen molar-refractivity contribution >= 4 is 5.91 Å². The molecule has 0 bridgehead atoms. The molecule has 0 spiro atoms. The fraction of sp³-hybridized carbons (Fsp3) is 0.333. The molecule has 0 aliphatic carbocycles. The van der Waals surface area contributed by atoms with E-state index in [0.717, 1.165) is 17.7 Å². The third-order valence-electron chi connectivity index (χ3n) is 5.43. The average Bonchev–Trinajstić information content (AvgIpc) is 3.30. The van der Waals surface area contributed by atoms with Gasteiger partial charge in [0.15, 0.2) is 6.10 Å². The van der Waals surface area contributed by atoms with Gasteiger partial charge in [0.25, 0.3) is 11.5 Å². The molecular formula is C24H26N4O4. The van der Waals surface area contributed by atoms with Crippen LogP contribution in [-0.2, 0) is 4.79 Å². The molecule has 1 saturated heterocycles. The predicted molar refractivity (Wildman–Crippen MR) is 120 cm³/mol. The summed E-state index contributed by atoms with van der Waals surface area (Å²) in [5.74, 6) is 1.80. The van der Waals surface area contributed by atoms with Crippen LogP contribution in [0, 0.1) is 0 Å². The van der Waals surface area contributed by atoms with E-state index in [2.05, 4.69) is 15.0 Å². The molecule has 8 heteroatoms. The highest BCUT2D eigenvalue weighted by molar-refractivity contribution is 5.81. The number of aromatic amines is 1. The number of rotatable bonds is 7. The molecule has 1 aliphatic heterocycles. The van der Waals surface area contributed by atoms with Crippen molar-refractivity contribution < 1.29 is 14.3 Å². The Kier molecular flexibility index (Phi) is 6.49. The third kappa shape index (κ3) is 4.96. The van der Waals surface area contributed by atoms with E-state index in [1.165, 1.54) is 6.07 Å². The highest BCUT2D eigenvalue weighted by atomic mass is 16.5. The Bertz CT molecular complexity index is 1110. The van der Waals surface area contributed by atoms with E-state index >= 15 is 0 Å². The largest absolute Gasteiger partial charge is 0.494 e. The van der Waals surface area contributed by atoms with Gasteiger partial charge in [-0.05, 0) is 56.7 Å². The Morgan fingerprint density at radius 2 is 1.91 bits per heavy atom. The molecular weight excluding hydrogens is 408 g/mol. The quantitative estimate of drug-likeness (QED) is 0.614. The number of likely N-dealkylation sites (tertiary alicyclic amines) is 1. The van der Waals surface area contributed by atoms with Gasteiger partial charge >= 0.3 is 0 Å². The van der Waals surface area contributed by atoms with E-state index in [0.29, 0.717) is 37.0 Å². The zero-order valence-electron chi connectivity index (χ0n) is 18.2. The van der Waals surface area contributed by atoms with Crippen molar-refractivity contribution in [2.45, 2.75) is 32.3 Å². The first-order valence-electron chi connectivity index (χ1n) is 10.7. The summed E-state index contributed by atoms with van der Waals surface area (Å²) >= 11 is 0. The Morgan fingerprint density at radius 1 is 1.19 bits per heavy atom. The lowest BCUT2D eigenvalue weighted by molar-refractivity contribution is -0.136. The van der Waals surface area contributed by atoms with E-state index in [9.17, 15) is 9.59 Å². The maximum atomic E-state index is 12.9. The van der Waals surface area contributed by atoms with E-state index in [-0.39, 0.29) is 17.4 Å². The first-order chi connectivity index (χ1) is 15.5. The summed E-state index contributed by atoms with van der Waals surface area (Å²) in [6.45, 7) is 5.37. The first-order valence-corrected chi connectivity index (χ1v) is 10.7. The van der Waals surface area contributed by atoms with Gasteiger partial charge in [-0.3, -0.25) is 14.6 Å². The van der Waals surface area contributed by atoms with Crippen LogP contribution in [0.1, 0.15) is 31.9 Å². The average molecular weight is 434 g/mol. The summed E-state index contributed by atoms with van der Waals surface area (Å²) in [5, 5.41) is 0. The monoisotopic (exact) mass is 434 g/mol. The zero-order valence-corrected chi connectivity index (χ0v) is 18.2. The Morgan fingerprint density at radius 3 is 2.62 bits per heavy atom. The van der Waals surface area contributed by atoms with Crippen molar-refractivity contribution in [1.29, 1.82) is 0 Å². The summed E-state index contributed by atoms with van der Waals surface area (Å²) in [7, 11) is 0. The lowest BCUT2D eigenvalue weighted by atomic mass is 10.0. The van der Waals surface area contributed by atoms with Crippen molar-refractivity contribution in [1.82, 2.24) is 19.9 Å². The number of ether oxygens (including phenoxy) is 2. The maximum absolute atomic E-state index is 12.9. The van der Waals surface area contributed by atoms with Gasteiger partial charge in [0.05, 0.1) is 12.3 Å². The van der Waals surface area contributed by atoms with Crippen molar-refractivity contribution in [3.05, 3.63) is 70.9 Å². The van der Waals surface area contributed by atoms with Crippen molar-refractivity contribution in [2.75, 3.05) is 19.7 Å². The summed E-state index contributed by atoms with van der Waals surface area (Å²) in [4.78, 5) is 38.3. The van der Waals surface area contributed by atoms with E-state index < -0.39 is 6.10 Å². The number of carbonyl (C=O) groups excluding carboxylic acids is 1. The molecule has 1 amide bonds. The van der Waals surface area contributed by atoms with E-state index in [1.807, 2.05) is 19.1 Å². The predicted octanol–water partition coefficient (Wildman–Crippen LogP) is 3.01. The number of nitrogens with zero attached hydrogens (tertiary/aromatic N) is 3. The van der Waals surface area contributed by atoms with Crippen molar-refractivity contribution in [3.8, 4) is 22.9 Å². The van der Waals surface area contributed by atoms with Gasteiger partial charge in [0.2, 0.25) is 0 Å². The highest BCUT2D eigenvalue weighted by Gasteiger charge is 2.31. The van der Waals surface area contributed by atoms with Gasteiger partial charge in [0.1, 0.15) is 17.3 Å². The minimum atomic E-state index is -0.619. The molecule has 1 N–H and O–H groups in total. The highest BCUT2D eigenvalue weighted by Crippen LogP contribution is 2.27. The number of benzene rings is 1. The van der Waals surface area contributed by atoms with Crippen LogP contribution in [0.2, 0.25) is 0 Å². The molecule has 2 aromatic heterocycles. The SMILES string of the molecule is CCOc1ccc(OC(C)C(=O)N2CCC(c3cc(=O)[nH]c(-c4ccncc4)n3)C2)cc1. The smallest absolute Gasteiger partial charge is 0.263 e. The lowest BCUT2D eigenvalue weighted by Gasteiger charge is -2.22. The van der Waals surface area contributed by atoms with Crippen LogP contribution in [0.25, 0.3) is 11.4 Å². The van der Waals surface area contributed by atoms with Crippen LogP contribution < -0.4 is 15.0 Å². The molecule has 1 fully saturated rings. The van der Waals surface area contributed by atoms with Crippen LogP contribution in [0.3, 0.4) is 0 Å². The Labute approximate surface area is 186 Å². The summed E-state index contributed by atoms with van der Waals surface area (Å²) in [5.41, 5.74) is 1.27. The fourth-order valence-corrected chi connectivity index (χ4v) is 3.83. The van der Waals surface area contributed by atoms with Crippen LogP contribution in [0.15, 0.2) is 59.7 Å². The second kappa shape index (κ2) is 9.64. The van der Waals surface area contributed by atoms with Gasteiger partial charge in [-0.1, -0.05) is 0 Å². The Hall–Kier alpha value is -3.68. The standard InChI is InChI=1S/C24H26N4O4/c1-3-31-19-4-6-20(7-5-19)32-16(2)24(30)28-13-10-18(15-28)21-14-22(29)27-23(26-21)17-8-11-25-12-9-17/h4-9,11-12,14,16,18H,3,10,13,15H2,1-2H3,(H,26,27,29). The van der Waals surface area contributed by atoms with Crippen LogP contribution in [0.5, 0.6) is 11.5 Å². The lowest BCUT2D eigenvalue weighted by Crippen LogP contribution is -2.39. The van der Waals surface area contributed by atoms with Crippen LogP contribution in [-0.4, -0.2) is 51.6 Å². The number of nitrogens with one attached hydrogen (secondary N) is 1. The minimum Gasteiger partial charge on any atom is -0.494 e. The fourth-order valence-electron chi connectivity index (χ4n) is 3.83. The van der Waals surface area contributed by atoms with Gasteiger partial charge in [-0.2, -0.15) is 0 Å². The topological polar surface area (TPSA) is 97.4 Å². The van der Waals surface area contributed by atoms with Crippen LogP contribution >= 0.6 is 0 Å². The molecule has 4 rings (SSSR count). The van der Waals surface area contributed by atoms with Gasteiger partial charge < -0.3 is 19.4 Å². The van der Waals surface area contributed by atoms with Crippen molar-refractivity contribution in [2.24, 2.45) is 0 Å². The van der Waals surface area contributed by atoms with Gasteiger partial charge in [-0.15, -0.1) is 0 Å². The second-order valence-electron chi connectivity index (χ2n) is 7.69. The molecule has 3 heterocycles. The molecule has 1 aromatic carbocycles. The molecule has 166 valence electrons. The summed E-state index contributed by atoms with van der Waals surface area (Å²) in [6.07, 6.45) is 3.44. The summed E-state index contributed by atoms with van der Waals surface area (Å²) in [6, 6.07) is 12.3. The van der Waals surface area contributed by atoms with Gasteiger partial charge in [0, 0.05) is 43.0 Å². The first kappa shape index (κ1) is 21.5. The molecule has 2 unspecified atom stereocenters. The van der Waals surface area contributed by atoms with E-state index in [1.54, 1.807) is 48.5 Å². The molecule has 2 atom stereocenters. The normalized spacial score (nSPS) is 16.6. The molecule has 0 radical (unpaired) electrons. The number of H-pyrrole nitrogens is 1. The molecule has 3 aromatic rings. The zero-order chi connectivity index (χ0) is 22.5. The van der Waals surface area contributed by atoms with Crippen LogP contribution in [0.4, 0.5) is 0 Å². The number of carbonyl (C=O) groups is 1. The second-order valence-corrected chi connectivity index (χ2v) is 7.69. The number of aromatic nitrogens is 3. The van der Waals surface area contributed by atoms with E-state index in [4.69, 9.17) is 9.47 Å². The number of hydrogen-bond acceptors (Lipinski definition) is 6. The minimum absolute atomic E-state index is 0.000451. The van der Waals surface area contributed by atoms with Crippen molar-refractivity contribution in [3.63, 3.8) is 0 Å².